The molecule has 0 aliphatic heterocycles. The topological polar surface area (TPSA) is 64.3 Å². The van der Waals surface area contributed by atoms with Crippen LogP contribution in [-0.2, 0) is 4.74 Å². The molecule has 4 heteroatoms. The van der Waals surface area contributed by atoms with Gasteiger partial charge in [-0.05, 0) is 51.5 Å². The molecule has 1 aliphatic carbocycles. The van der Waals surface area contributed by atoms with Crippen LogP contribution in [0.2, 0.25) is 0 Å². The number of hydrogen-bond donors (Lipinski definition) is 2. The second-order valence-corrected chi connectivity index (χ2v) is 6.70. The second kappa shape index (κ2) is 4.84. The summed E-state index contributed by atoms with van der Waals surface area (Å²) in [6.07, 6.45) is 1.69. The zero-order chi connectivity index (χ0) is 13.3. The molecule has 0 radical (unpaired) electrons. The van der Waals surface area contributed by atoms with E-state index < -0.39 is 5.60 Å². The van der Waals surface area contributed by atoms with Crippen molar-refractivity contribution >= 4 is 6.09 Å². The average molecular weight is 242 g/mol. The zero-order valence-electron chi connectivity index (χ0n) is 11.7. The van der Waals surface area contributed by atoms with Crippen molar-refractivity contribution in [1.82, 2.24) is 5.32 Å². The lowest BCUT2D eigenvalue weighted by Gasteiger charge is -2.45. The van der Waals surface area contributed by atoms with E-state index in [0.717, 1.165) is 12.8 Å². The fourth-order valence-corrected chi connectivity index (χ4v) is 2.01. The summed E-state index contributed by atoms with van der Waals surface area (Å²) in [7, 11) is 0. The maximum Gasteiger partial charge on any atom is 0.407 e. The highest BCUT2D eigenvalue weighted by Gasteiger charge is 2.40. The molecule has 3 N–H and O–H groups in total. The molecular formula is C13H26N2O2. The van der Waals surface area contributed by atoms with Gasteiger partial charge in [-0.3, -0.25) is 0 Å². The van der Waals surface area contributed by atoms with E-state index in [4.69, 9.17) is 10.5 Å². The van der Waals surface area contributed by atoms with E-state index in [-0.39, 0.29) is 17.6 Å². The van der Waals surface area contributed by atoms with Crippen LogP contribution >= 0.6 is 0 Å². The molecule has 1 saturated carbocycles. The summed E-state index contributed by atoms with van der Waals surface area (Å²) in [5, 5.41) is 2.90. The van der Waals surface area contributed by atoms with Gasteiger partial charge in [-0.15, -0.1) is 0 Å². The number of amides is 1. The Morgan fingerprint density at radius 2 is 1.82 bits per heavy atom. The number of ether oxygens (including phenoxy) is 1. The Balaban J connectivity index is 2.28. The third-order valence-electron chi connectivity index (χ3n) is 3.49. The van der Waals surface area contributed by atoms with E-state index in [9.17, 15) is 4.79 Å². The highest BCUT2D eigenvalue weighted by atomic mass is 16.6. The van der Waals surface area contributed by atoms with E-state index in [0.29, 0.717) is 12.5 Å². The molecule has 0 aromatic heterocycles. The van der Waals surface area contributed by atoms with Gasteiger partial charge in [-0.1, -0.05) is 13.8 Å². The van der Waals surface area contributed by atoms with Gasteiger partial charge in [0.05, 0.1) is 0 Å². The lowest BCUT2D eigenvalue weighted by Crippen LogP contribution is -2.51. The largest absolute Gasteiger partial charge is 0.444 e. The van der Waals surface area contributed by atoms with Gasteiger partial charge >= 0.3 is 6.09 Å². The molecule has 0 atom stereocenters. The minimum atomic E-state index is -0.427. The van der Waals surface area contributed by atoms with Crippen molar-refractivity contribution in [2.75, 3.05) is 6.54 Å². The first kappa shape index (κ1) is 14.3. The molecule has 0 bridgehead atoms. The van der Waals surface area contributed by atoms with E-state index in [1.54, 1.807) is 0 Å². The Morgan fingerprint density at radius 1 is 1.29 bits per heavy atom. The van der Waals surface area contributed by atoms with Crippen molar-refractivity contribution in [2.45, 2.75) is 59.1 Å². The third-order valence-corrected chi connectivity index (χ3v) is 3.49. The van der Waals surface area contributed by atoms with Gasteiger partial charge in [-0.2, -0.15) is 0 Å². The standard InChI is InChI=1S/C13H26N2O2/c1-12(2,3)17-11(16)15-10-6-9(7-10)13(4,5)8-14/h9-10H,6-8,14H2,1-5H3,(H,15,16). The molecule has 1 rings (SSSR count). The van der Waals surface area contributed by atoms with Crippen LogP contribution in [0, 0.1) is 11.3 Å². The highest BCUT2D eigenvalue weighted by Crippen LogP contribution is 2.41. The second-order valence-electron chi connectivity index (χ2n) is 6.70. The van der Waals surface area contributed by atoms with Crippen molar-refractivity contribution in [1.29, 1.82) is 0 Å². The van der Waals surface area contributed by atoms with E-state index in [1.165, 1.54) is 0 Å². The van der Waals surface area contributed by atoms with E-state index in [1.807, 2.05) is 20.8 Å². The molecule has 4 nitrogen and oxygen atoms in total. The fraction of sp³-hybridized carbons (Fsp3) is 0.923. The molecule has 1 fully saturated rings. The average Bonchev–Trinajstić information content (AvgIpc) is 2.07. The number of carbonyl (C=O) groups excluding carboxylic acids is 1. The maximum atomic E-state index is 11.5. The molecule has 0 spiro atoms. The number of hydrogen-bond acceptors (Lipinski definition) is 3. The Morgan fingerprint density at radius 3 is 2.24 bits per heavy atom. The lowest BCUT2D eigenvalue weighted by atomic mass is 9.65. The smallest absolute Gasteiger partial charge is 0.407 e. The van der Waals surface area contributed by atoms with Crippen molar-refractivity contribution in [3.8, 4) is 0 Å². The maximum absolute atomic E-state index is 11.5. The van der Waals surface area contributed by atoms with Gasteiger partial charge in [0.15, 0.2) is 0 Å². The fourth-order valence-electron chi connectivity index (χ4n) is 2.01. The monoisotopic (exact) mass is 242 g/mol. The molecular weight excluding hydrogens is 216 g/mol. The number of rotatable bonds is 3. The molecule has 0 aromatic rings. The third kappa shape index (κ3) is 4.19. The molecule has 0 saturated heterocycles. The van der Waals surface area contributed by atoms with Crippen molar-refractivity contribution < 1.29 is 9.53 Å². The summed E-state index contributed by atoms with van der Waals surface area (Å²) < 4.78 is 5.22. The Labute approximate surface area is 104 Å². The van der Waals surface area contributed by atoms with Crippen LogP contribution in [0.25, 0.3) is 0 Å². The van der Waals surface area contributed by atoms with Crippen LogP contribution in [0.4, 0.5) is 4.79 Å². The number of alkyl carbamates (subject to hydrolysis) is 1. The molecule has 0 unspecified atom stereocenters. The van der Waals surface area contributed by atoms with Crippen molar-refractivity contribution in [3.05, 3.63) is 0 Å². The lowest BCUT2D eigenvalue weighted by molar-refractivity contribution is 0.0361. The summed E-state index contributed by atoms with van der Waals surface area (Å²) in [5.41, 5.74) is 5.48. The predicted molar refractivity (Wildman–Crippen MR) is 68.7 cm³/mol. The first-order valence-corrected chi connectivity index (χ1v) is 6.33. The number of nitrogens with two attached hydrogens (primary N) is 1. The Hall–Kier alpha value is -0.770. The molecule has 1 amide bonds. The van der Waals surface area contributed by atoms with E-state index in [2.05, 4.69) is 19.2 Å². The van der Waals surface area contributed by atoms with Crippen LogP contribution in [0.5, 0.6) is 0 Å². The predicted octanol–water partition coefficient (Wildman–Crippen LogP) is 2.27. The molecule has 100 valence electrons. The van der Waals surface area contributed by atoms with Gasteiger partial charge in [0, 0.05) is 6.04 Å². The van der Waals surface area contributed by atoms with Crippen LogP contribution in [-0.4, -0.2) is 24.3 Å². The van der Waals surface area contributed by atoms with Gasteiger partial charge < -0.3 is 15.8 Å². The normalized spacial score (nSPS) is 25.1. The Kier molecular flexibility index (Phi) is 4.07. The first-order valence-electron chi connectivity index (χ1n) is 6.33. The summed E-state index contributed by atoms with van der Waals surface area (Å²) in [5.74, 6) is 0.604. The van der Waals surface area contributed by atoms with Crippen LogP contribution < -0.4 is 11.1 Å². The number of nitrogens with one attached hydrogen (secondary N) is 1. The van der Waals surface area contributed by atoms with Crippen molar-refractivity contribution in [2.24, 2.45) is 17.1 Å². The highest BCUT2D eigenvalue weighted by molar-refractivity contribution is 5.68. The molecule has 0 aromatic carbocycles. The van der Waals surface area contributed by atoms with Gasteiger partial charge in [0.2, 0.25) is 0 Å². The zero-order valence-corrected chi connectivity index (χ0v) is 11.7. The first-order chi connectivity index (χ1) is 7.64. The van der Waals surface area contributed by atoms with Crippen molar-refractivity contribution in [3.63, 3.8) is 0 Å². The Bertz CT molecular complexity index is 276. The summed E-state index contributed by atoms with van der Waals surface area (Å²) in [6.45, 7) is 10.7. The molecule has 0 heterocycles. The summed E-state index contributed by atoms with van der Waals surface area (Å²) in [6, 6.07) is 0.251. The SMILES string of the molecule is CC(C)(C)OC(=O)NC1CC(C(C)(C)CN)C1. The minimum Gasteiger partial charge on any atom is -0.444 e. The van der Waals surface area contributed by atoms with Crippen LogP contribution in [0.1, 0.15) is 47.5 Å². The quantitative estimate of drug-likeness (QED) is 0.798. The van der Waals surface area contributed by atoms with Crippen LogP contribution in [0.15, 0.2) is 0 Å². The molecule has 1 aliphatic rings. The number of carbonyl (C=O) groups is 1. The summed E-state index contributed by atoms with van der Waals surface area (Å²) in [4.78, 5) is 11.5. The van der Waals surface area contributed by atoms with Gasteiger partial charge in [0.1, 0.15) is 5.60 Å². The van der Waals surface area contributed by atoms with Gasteiger partial charge in [-0.25, -0.2) is 4.79 Å². The van der Waals surface area contributed by atoms with Gasteiger partial charge in [0.25, 0.3) is 0 Å². The minimum absolute atomic E-state index is 0.173. The molecule has 17 heavy (non-hydrogen) atoms. The van der Waals surface area contributed by atoms with E-state index >= 15 is 0 Å². The summed E-state index contributed by atoms with van der Waals surface area (Å²) >= 11 is 0. The van der Waals surface area contributed by atoms with Crippen LogP contribution in [0.3, 0.4) is 0 Å².